The van der Waals surface area contributed by atoms with E-state index >= 15 is 0 Å². The summed E-state index contributed by atoms with van der Waals surface area (Å²) in [6.45, 7) is 7.71. The molecule has 0 atom stereocenters. The van der Waals surface area contributed by atoms with Gasteiger partial charge in [-0.2, -0.15) is 5.10 Å². The van der Waals surface area contributed by atoms with E-state index < -0.39 is 5.97 Å². The van der Waals surface area contributed by atoms with Gasteiger partial charge >= 0.3 is 5.97 Å². The highest BCUT2D eigenvalue weighted by molar-refractivity contribution is 5.95. The van der Waals surface area contributed by atoms with Crippen LogP contribution in [0.3, 0.4) is 0 Å². The molecule has 1 heterocycles. The molecule has 20 heavy (non-hydrogen) atoms. The van der Waals surface area contributed by atoms with Crippen molar-refractivity contribution in [1.82, 2.24) is 10.2 Å². The zero-order chi connectivity index (χ0) is 15.0. The molecule has 1 aromatic heterocycles. The van der Waals surface area contributed by atoms with Gasteiger partial charge in [-0.3, -0.25) is 5.10 Å². The standard InChI is InChI=1S/C15H18N2O3/c1-7-6-11(8(2)9(3)14(7)20-5)12-10(4)16-17-13(12)15(18)19/h6H,1-5H3,(H,16,17)(H,18,19). The lowest BCUT2D eigenvalue weighted by Gasteiger charge is -2.16. The number of rotatable bonds is 3. The number of nitrogens with zero attached hydrogens (tertiary/aromatic N) is 1. The number of carboxylic acid groups (broad SMARTS) is 1. The van der Waals surface area contributed by atoms with Crippen LogP contribution in [0.2, 0.25) is 0 Å². The van der Waals surface area contributed by atoms with Gasteiger partial charge in [0.2, 0.25) is 0 Å². The number of aromatic carboxylic acids is 1. The van der Waals surface area contributed by atoms with Crippen LogP contribution in [0.1, 0.15) is 32.9 Å². The van der Waals surface area contributed by atoms with Crippen molar-refractivity contribution in [2.24, 2.45) is 0 Å². The summed E-state index contributed by atoms with van der Waals surface area (Å²) in [6.07, 6.45) is 0. The average molecular weight is 274 g/mol. The third kappa shape index (κ3) is 2.05. The molecule has 2 aromatic rings. The Morgan fingerprint density at radius 2 is 1.90 bits per heavy atom. The van der Waals surface area contributed by atoms with E-state index in [0.717, 1.165) is 33.7 Å². The lowest BCUT2D eigenvalue weighted by atomic mass is 9.92. The van der Waals surface area contributed by atoms with Gasteiger partial charge in [-0.25, -0.2) is 4.79 Å². The molecule has 0 saturated carbocycles. The monoisotopic (exact) mass is 274 g/mol. The highest BCUT2D eigenvalue weighted by Crippen LogP contribution is 2.36. The smallest absolute Gasteiger partial charge is 0.357 e. The minimum atomic E-state index is -1.03. The van der Waals surface area contributed by atoms with Crippen LogP contribution < -0.4 is 4.74 Å². The molecule has 2 N–H and O–H groups in total. The van der Waals surface area contributed by atoms with E-state index in [1.807, 2.05) is 33.8 Å². The van der Waals surface area contributed by atoms with Crippen LogP contribution >= 0.6 is 0 Å². The van der Waals surface area contributed by atoms with Crippen molar-refractivity contribution >= 4 is 5.97 Å². The summed E-state index contributed by atoms with van der Waals surface area (Å²) < 4.78 is 5.40. The van der Waals surface area contributed by atoms with Crippen LogP contribution in [0, 0.1) is 27.7 Å². The maximum atomic E-state index is 11.3. The number of nitrogens with one attached hydrogen (secondary N) is 1. The average Bonchev–Trinajstić information content (AvgIpc) is 2.76. The van der Waals surface area contributed by atoms with Gasteiger partial charge in [-0.15, -0.1) is 0 Å². The zero-order valence-corrected chi connectivity index (χ0v) is 12.3. The van der Waals surface area contributed by atoms with Crippen LogP contribution in [-0.2, 0) is 0 Å². The van der Waals surface area contributed by atoms with E-state index in [1.54, 1.807) is 7.11 Å². The molecule has 106 valence electrons. The molecule has 0 bridgehead atoms. The van der Waals surface area contributed by atoms with Crippen LogP contribution in [0.25, 0.3) is 11.1 Å². The molecule has 0 saturated heterocycles. The van der Waals surface area contributed by atoms with Gasteiger partial charge in [-0.1, -0.05) is 0 Å². The predicted molar refractivity (Wildman–Crippen MR) is 76.5 cm³/mol. The number of aromatic nitrogens is 2. The Morgan fingerprint density at radius 1 is 1.25 bits per heavy atom. The summed E-state index contributed by atoms with van der Waals surface area (Å²) >= 11 is 0. The van der Waals surface area contributed by atoms with E-state index in [9.17, 15) is 9.90 Å². The Kier molecular flexibility index (Phi) is 3.53. The number of hydrogen-bond donors (Lipinski definition) is 2. The summed E-state index contributed by atoms with van der Waals surface area (Å²) in [6, 6.07) is 1.95. The summed E-state index contributed by atoms with van der Waals surface area (Å²) in [5, 5.41) is 15.9. The van der Waals surface area contributed by atoms with Gasteiger partial charge in [-0.05, 0) is 56.0 Å². The molecule has 0 aliphatic rings. The van der Waals surface area contributed by atoms with Crippen LogP contribution in [0.5, 0.6) is 5.75 Å². The summed E-state index contributed by atoms with van der Waals surface area (Å²) in [4.78, 5) is 11.3. The van der Waals surface area contributed by atoms with Gasteiger partial charge in [0.1, 0.15) is 5.75 Å². The molecule has 0 spiro atoms. The number of H-pyrrole nitrogens is 1. The third-order valence-corrected chi connectivity index (χ3v) is 3.65. The number of hydrogen-bond acceptors (Lipinski definition) is 3. The van der Waals surface area contributed by atoms with Crippen molar-refractivity contribution in [3.05, 3.63) is 34.1 Å². The molecule has 5 nitrogen and oxygen atoms in total. The van der Waals surface area contributed by atoms with E-state index in [2.05, 4.69) is 10.2 Å². The highest BCUT2D eigenvalue weighted by Gasteiger charge is 2.22. The Bertz CT molecular complexity index is 687. The molecule has 2 rings (SSSR count). The summed E-state index contributed by atoms with van der Waals surface area (Å²) in [5.41, 5.74) is 5.30. The Hall–Kier alpha value is -2.30. The molecule has 1 aromatic carbocycles. The molecule has 0 fully saturated rings. The van der Waals surface area contributed by atoms with Crippen molar-refractivity contribution in [2.45, 2.75) is 27.7 Å². The first-order chi connectivity index (χ1) is 9.38. The number of carbonyl (C=O) groups is 1. The number of methoxy groups -OCH3 is 1. The van der Waals surface area contributed by atoms with Crippen LogP contribution in [0.15, 0.2) is 6.07 Å². The lowest BCUT2D eigenvalue weighted by molar-refractivity contribution is 0.0691. The van der Waals surface area contributed by atoms with E-state index in [0.29, 0.717) is 5.56 Å². The van der Waals surface area contributed by atoms with Gasteiger partial charge in [0.15, 0.2) is 5.69 Å². The first-order valence-corrected chi connectivity index (χ1v) is 6.31. The molecule has 5 heteroatoms. The topological polar surface area (TPSA) is 75.2 Å². The first kappa shape index (κ1) is 14.1. The minimum Gasteiger partial charge on any atom is -0.496 e. The molecule has 0 aliphatic heterocycles. The van der Waals surface area contributed by atoms with Crippen molar-refractivity contribution in [3.63, 3.8) is 0 Å². The Labute approximate surface area is 117 Å². The third-order valence-electron chi connectivity index (χ3n) is 3.65. The largest absolute Gasteiger partial charge is 0.496 e. The molecule has 0 unspecified atom stereocenters. The van der Waals surface area contributed by atoms with E-state index in [1.165, 1.54) is 0 Å². The van der Waals surface area contributed by atoms with Crippen molar-refractivity contribution < 1.29 is 14.6 Å². The maximum Gasteiger partial charge on any atom is 0.357 e. The second-order valence-electron chi connectivity index (χ2n) is 4.90. The normalized spacial score (nSPS) is 10.7. The Balaban J connectivity index is 2.78. The number of ether oxygens (including phenoxy) is 1. The number of benzene rings is 1. The molecule has 0 radical (unpaired) electrons. The quantitative estimate of drug-likeness (QED) is 0.902. The molecular weight excluding hydrogens is 256 g/mol. The van der Waals surface area contributed by atoms with Crippen LogP contribution in [0.4, 0.5) is 0 Å². The van der Waals surface area contributed by atoms with Gasteiger partial charge in [0.05, 0.1) is 7.11 Å². The number of aryl methyl sites for hydroxylation is 2. The SMILES string of the molecule is COc1c(C)cc(-c2c(C(=O)O)n[nH]c2C)c(C)c1C. The number of aromatic amines is 1. The second-order valence-corrected chi connectivity index (χ2v) is 4.90. The molecule has 0 aliphatic carbocycles. The van der Waals surface area contributed by atoms with Crippen molar-refractivity contribution in [1.29, 1.82) is 0 Å². The molecule has 0 amide bonds. The van der Waals surface area contributed by atoms with Crippen LogP contribution in [-0.4, -0.2) is 28.4 Å². The first-order valence-electron chi connectivity index (χ1n) is 6.31. The highest BCUT2D eigenvalue weighted by atomic mass is 16.5. The molecular formula is C15H18N2O3. The van der Waals surface area contributed by atoms with E-state index in [4.69, 9.17) is 4.74 Å². The zero-order valence-electron chi connectivity index (χ0n) is 12.3. The fraction of sp³-hybridized carbons (Fsp3) is 0.333. The lowest BCUT2D eigenvalue weighted by Crippen LogP contribution is -2.02. The van der Waals surface area contributed by atoms with Gasteiger partial charge in [0, 0.05) is 11.3 Å². The van der Waals surface area contributed by atoms with Gasteiger partial charge in [0.25, 0.3) is 0 Å². The summed E-state index contributed by atoms with van der Waals surface area (Å²) in [7, 11) is 1.64. The Morgan fingerprint density at radius 3 is 2.45 bits per heavy atom. The maximum absolute atomic E-state index is 11.3. The predicted octanol–water partition coefficient (Wildman–Crippen LogP) is 3.02. The fourth-order valence-electron chi connectivity index (χ4n) is 2.55. The van der Waals surface area contributed by atoms with Gasteiger partial charge < -0.3 is 9.84 Å². The van der Waals surface area contributed by atoms with Crippen molar-refractivity contribution in [3.8, 4) is 16.9 Å². The summed E-state index contributed by atoms with van der Waals surface area (Å²) in [5.74, 6) is -0.195. The minimum absolute atomic E-state index is 0.0505. The number of carboxylic acids is 1. The van der Waals surface area contributed by atoms with Crippen molar-refractivity contribution in [2.75, 3.05) is 7.11 Å². The van der Waals surface area contributed by atoms with E-state index in [-0.39, 0.29) is 5.69 Å². The second kappa shape index (κ2) is 5.00. The fourth-order valence-corrected chi connectivity index (χ4v) is 2.55.